The van der Waals surface area contributed by atoms with Crippen molar-refractivity contribution in [2.24, 2.45) is 4.99 Å². The Hall–Kier alpha value is -2.94. The molecule has 1 aliphatic heterocycles. The van der Waals surface area contributed by atoms with Gasteiger partial charge in [-0.1, -0.05) is 31.2 Å². The van der Waals surface area contributed by atoms with Crippen molar-refractivity contribution in [3.05, 3.63) is 59.9 Å². The highest BCUT2D eigenvalue weighted by Crippen LogP contribution is 2.19. The van der Waals surface area contributed by atoms with Gasteiger partial charge in [-0.2, -0.15) is 4.37 Å². The fourth-order valence-electron chi connectivity index (χ4n) is 3.64. The van der Waals surface area contributed by atoms with Gasteiger partial charge in [0, 0.05) is 69.6 Å². The van der Waals surface area contributed by atoms with Crippen LogP contribution >= 0.6 is 11.5 Å². The Morgan fingerprint density at radius 3 is 2.71 bits per heavy atom. The molecule has 9 heteroatoms. The summed E-state index contributed by atoms with van der Waals surface area (Å²) in [6.45, 7) is 10.3. The third-order valence-electron chi connectivity index (χ3n) is 5.29. The highest BCUT2D eigenvalue weighted by molar-refractivity contribution is 7.09. The number of nitrogens with zero attached hydrogens (tertiary/aromatic N) is 7. The fourth-order valence-corrected chi connectivity index (χ4v) is 4.44. The minimum Gasteiger partial charge on any atom is -0.357 e. The van der Waals surface area contributed by atoms with Crippen LogP contribution in [-0.4, -0.2) is 62.5 Å². The topological polar surface area (TPSA) is 74.5 Å². The van der Waals surface area contributed by atoms with Crippen LogP contribution in [0.2, 0.25) is 0 Å². The van der Waals surface area contributed by atoms with Crippen LogP contribution < -0.4 is 10.2 Å². The first-order valence-electron chi connectivity index (χ1n) is 10.9. The number of aromatic nitrogens is 4. The summed E-state index contributed by atoms with van der Waals surface area (Å²) in [4.78, 5) is 18.4. The fraction of sp³-hybridized carbons (Fsp3) is 0.455. The summed E-state index contributed by atoms with van der Waals surface area (Å²) in [5.74, 6) is 1.92. The van der Waals surface area contributed by atoms with Crippen LogP contribution in [0.25, 0.3) is 0 Å². The van der Waals surface area contributed by atoms with Crippen LogP contribution in [0.3, 0.4) is 0 Å². The molecule has 4 rings (SSSR count). The number of imidazole rings is 1. The van der Waals surface area contributed by atoms with Crippen LogP contribution in [-0.2, 0) is 19.5 Å². The smallest absolute Gasteiger partial charge is 0.205 e. The van der Waals surface area contributed by atoms with E-state index in [1.165, 1.54) is 22.7 Å². The Labute approximate surface area is 187 Å². The molecule has 1 aromatic carbocycles. The molecular formula is C22H30N8S. The average molecular weight is 439 g/mol. The summed E-state index contributed by atoms with van der Waals surface area (Å²) in [6.07, 6.45) is 6.53. The van der Waals surface area contributed by atoms with E-state index in [4.69, 9.17) is 4.99 Å². The average Bonchev–Trinajstić information content (AvgIpc) is 3.49. The van der Waals surface area contributed by atoms with Gasteiger partial charge in [0.1, 0.15) is 5.82 Å². The predicted octanol–water partition coefficient (Wildman–Crippen LogP) is 2.63. The van der Waals surface area contributed by atoms with E-state index in [9.17, 15) is 0 Å². The van der Waals surface area contributed by atoms with Gasteiger partial charge < -0.3 is 19.7 Å². The number of guanidine groups is 1. The molecule has 1 fully saturated rings. The first kappa shape index (κ1) is 21.3. The van der Waals surface area contributed by atoms with Gasteiger partial charge >= 0.3 is 0 Å². The van der Waals surface area contributed by atoms with Crippen molar-refractivity contribution in [2.75, 3.05) is 37.6 Å². The minimum atomic E-state index is 0.663. The van der Waals surface area contributed by atoms with E-state index in [0.717, 1.165) is 62.6 Å². The monoisotopic (exact) mass is 438 g/mol. The lowest BCUT2D eigenvalue weighted by Gasteiger charge is -2.36. The molecule has 0 saturated carbocycles. The summed E-state index contributed by atoms with van der Waals surface area (Å²) in [5, 5.41) is 4.50. The van der Waals surface area contributed by atoms with Crippen molar-refractivity contribution in [1.82, 2.24) is 29.1 Å². The normalized spacial score (nSPS) is 14.8. The second-order valence-electron chi connectivity index (χ2n) is 7.55. The lowest BCUT2D eigenvalue weighted by Crippen LogP contribution is -2.52. The van der Waals surface area contributed by atoms with Gasteiger partial charge in [-0.15, -0.1) is 0 Å². The van der Waals surface area contributed by atoms with Crippen molar-refractivity contribution in [2.45, 2.75) is 33.4 Å². The Kier molecular flexibility index (Phi) is 7.14. The van der Waals surface area contributed by atoms with Gasteiger partial charge in [-0.25, -0.2) is 15.0 Å². The van der Waals surface area contributed by atoms with Crippen molar-refractivity contribution in [1.29, 1.82) is 0 Å². The van der Waals surface area contributed by atoms with E-state index in [1.807, 2.05) is 18.7 Å². The summed E-state index contributed by atoms with van der Waals surface area (Å²) < 4.78 is 6.50. The molecule has 0 unspecified atom stereocenters. The maximum Gasteiger partial charge on any atom is 0.205 e. The van der Waals surface area contributed by atoms with Crippen LogP contribution in [0, 0.1) is 0 Å². The van der Waals surface area contributed by atoms with Gasteiger partial charge in [0.15, 0.2) is 5.96 Å². The molecule has 0 radical (unpaired) electrons. The van der Waals surface area contributed by atoms with E-state index < -0.39 is 0 Å². The minimum absolute atomic E-state index is 0.663. The number of aliphatic imine (C=N–C) groups is 1. The number of rotatable bonds is 7. The molecule has 0 atom stereocenters. The Balaban J connectivity index is 1.37. The molecule has 31 heavy (non-hydrogen) atoms. The molecule has 1 saturated heterocycles. The van der Waals surface area contributed by atoms with E-state index in [1.54, 1.807) is 0 Å². The maximum atomic E-state index is 4.93. The largest absolute Gasteiger partial charge is 0.357 e. The second-order valence-corrected chi connectivity index (χ2v) is 8.28. The molecule has 0 amide bonds. The van der Waals surface area contributed by atoms with Gasteiger partial charge in [-0.05, 0) is 18.1 Å². The molecule has 0 aliphatic carbocycles. The zero-order valence-corrected chi connectivity index (χ0v) is 19.1. The highest BCUT2D eigenvalue weighted by Gasteiger charge is 2.22. The van der Waals surface area contributed by atoms with Crippen LogP contribution in [0.4, 0.5) is 5.13 Å². The molecule has 8 nitrogen and oxygen atoms in total. The zero-order valence-electron chi connectivity index (χ0n) is 18.2. The van der Waals surface area contributed by atoms with Crippen LogP contribution in [0.5, 0.6) is 0 Å². The van der Waals surface area contributed by atoms with Crippen molar-refractivity contribution in [3.8, 4) is 0 Å². The number of hydrogen-bond donors (Lipinski definition) is 1. The van der Waals surface area contributed by atoms with Gasteiger partial charge in [0.05, 0.1) is 12.9 Å². The summed E-state index contributed by atoms with van der Waals surface area (Å²) in [5.41, 5.74) is 2.47. The molecule has 3 heterocycles. The lowest BCUT2D eigenvalue weighted by molar-refractivity contribution is 0.372. The maximum absolute atomic E-state index is 4.93. The quantitative estimate of drug-likeness (QED) is 0.452. The first-order chi connectivity index (χ1) is 15.2. The Morgan fingerprint density at radius 1 is 1.16 bits per heavy atom. The number of aryl methyl sites for hydroxylation is 1. The molecular weight excluding hydrogens is 408 g/mol. The zero-order chi connectivity index (χ0) is 21.5. The number of piperazine rings is 1. The number of benzene rings is 1. The predicted molar refractivity (Wildman–Crippen MR) is 126 cm³/mol. The van der Waals surface area contributed by atoms with Gasteiger partial charge in [-0.3, -0.25) is 0 Å². The Morgan fingerprint density at radius 2 is 2.00 bits per heavy atom. The third kappa shape index (κ3) is 5.61. The van der Waals surface area contributed by atoms with E-state index in [0.29, 0.717) is 6.54 Å². The first-order valence-corrected chi connectivity index (χ1v) is 11.7. The summed E-state index contributed by atoms with van der Waals surface area (Å²) in [6, 6.07) is 8.62. The van der Waals surface area contributed by atoms with Crippen molar-refractivity contribution in [3.63, 3.8) is 0 Å². The molecule has 0 bridgehead atoms. The van der Waals surface area contributed by atoms with E-state index in [-0.39, 0.29) is 0 Å². The molecule has 3 aromatic rings. The van der Waals surface area contributed by atoms with E-state index in [2.05, 4.69) is 72.1 Å². The molecule has 1 N–H and O–H groups in total. The summed E-state index contributed by atoms with van der Waals surface area (Å²) >= 11 is 1.51. The van der Waals surface area contributed by atoms with Crippen LogP contribution in [0.15, 0.2) is 48.0 Å². The van der Waals surface area contributed by atoms with Crippen molar-refractivity contribution < 1.29 is 0 Å². The number of nitrogens with one attached hydrogen (secondary N) is 1. The summed E-state index contributed by atoms with van der Waals surface area (Å²) in [7, 11) is 0. The standard InChI is InChI=1S/C22H30N8S/c1-3-20-26-22(31-27-20)30-12-10-29(11-13-30)21(24-4-2)25-15-18-6-5-7-19(14-18)16-28-9-8-23-17-28/h5-9,14,17H,3-4,10-13,15-16H2,1-2H3,(H,24,25). The Bertz CT molecular complexity index is 973. The second kappa shape index (κ2) is 10.4. The SMILES string of the molecule is CCNC(=NCc1cccc(Cn2ccnc2)c1)N1CCN(c2nc(CC)ns2)CC1. The number of anilines is 1. The molecule has 1 aliphatic rings. The van der Waals surface area contributed by atoms with Gasteiger partial charge in [0.2, 0.25) is 5.13 Å². The molecule has 0 spiro atoms. The lowest BCUT2D eigenvalue weighted by atomic mass is 10.1. The highest BCUT2D eigenvalue weighted by atomic mass is 32.1. The number of hydrogen-bond acceptors (Lipinski definition) is 6. The molecule has 164 valence electrons. The third-order valence-corrected chi connectivity index (χ3v) is 6.10. The van der Waals surface area contributed by atoms with Gasteiger partial charge in [0.25, 0.3) is 0 Å². The van der Waals surface area contributed by atoms with E-state index >= 15 is 0 Å². The van der Waals surface area contributed by atoms with Crippen molar-refractivity contribution >= 4 is 22.6 Å². The van der Waals surface area contributed by atoms with Crippen LogP contribution in [0.1, 0.15) is 30.8 Å². The molecule has 2 aromatic heterocycles.